The summed E-state index contributed by atoms with van der Waals surface area (Å²) in [7, 11) is 0. The Morgan fingerprint density at radius 2 is 2.00 bits per heavy atom. The Balaban J connectivity index is 2.07. The van der Waals surface area contributed by atoms with Crippen molar-refractivity contribution in [2.45, 2.75) is 51.1 Å². The maximum Gasteiger partial charge on any atom is 0.328 e. The largest absolute Gasteiger partial charge is 0.480 e. The Morgan fingerprint density at radius 3 is 2.60 bits per heavy atom. The molecular weight excluding hydrogens is 260 g/mol. The molecule has 2 aliphatic rings. The van der Waals surface area contributed by atoms with Gasteiger partial charge < -0.3 is 19.6 Å². The maximum absolute atomic E-state index is 12.7. The zero-order valence-corrected chi connectivity index (χ0v) is 12.1. The summed E-state index contributed by atoms with van der Waals surface area (Å²) < 4.78 is 5.19. The number of hydrogen-bond acceptors (Lipinski definition) is 3. The van der Waals surface area contributed by atoms with Gasteiger partial charge in [-0.05, 0) is 19.8 Å². The highest BCUT2D eigenvalue weighted by Gasteiger charge is 2.36. The van der Waals surface area contributed by atoms with Gasteiger partial charge in [-0.1, -0.05) is 19.3 Å². The number of hydrogen-bond donors (Lipinski definition) is 1. The molecule has 6 heteroatoms. The lowest BCUT2D eigenvalue weighted by molar-refractivity contribution is -0.147. The van der Waals surface area contributed by atoms with Crippen LogP contribution >= 0.6 is 0 Å². The quantitative estimate of drug-likeness (QED) is 0.853. The SMILES string of the molecule is CCN(C(=O)N1CCOCC1C(=O)O)C1CCCCC1. The molecule has 1 aliphatic heterocycles. The first-order valence-corrected chi connectivity index (χ1v) is 7.53. The van der Waals surface area contributed by atoms with Crippen LogP contribution in [0.1, 0.15) is 39.0 Å². The number of amides is 2. The molecule has 1 atom stereocenters. The lowest BCUT2D eigenvalue weighted by atomic mass is 9.94. The van der Waals surface area contributed by atoms with Gasteiger partial charge in [0.15, 0.2) is 6.04 Å². The lowest BCUT2D eigenvalue weighted by Crippen LogP contribution is -2.58. The molecule has 2 fully saturated rings. The normalized spacial score (nSPS) is 24.4. The number of carboxylic acids is 1. The predicted molar refractivity (Wildman–Crippen MR) is 73.6 cm³/mol. The van der Waals surface area contributed by atoms with Crippen LogP contribution in [0.15, 0.2) is 0 Å². The van der Waals surface area contributed by atoms with Crippen molar-refractivity contribution in [3.63, 3.8) is 0 Å². The summed E-state index contributed by atoms with van der Waals surface area (Å²) in [5, 5.41) is 9.23. The van der Waals surface area contributed by atoms with Crippen LogP contribution < -0.4 is 0 Å². The van der Waals surface area contributed by atoms with Crippen LogP contribution in [0.3, 0.4) is 0 Å². The average molecular weight is 284 g/mol. The average Bonchev–Trinajstić information content (AvgIpc) is 2.49. The molecule has 1 aliphatic carbocycles. The molecule has 0 aromatic heterocycles. The van der Waals surface area contributed by atoms with Crippen molar-refractivity contribution in [3.05, 3.63) is 0 Å². The Hall–Kier alpha value is -1.30. The zero-order valence-electron chi connectivity index (χ0n) is 12.1. The summed E-state index contributed by atoms with van der Waals surface area (Å²) in [6.45, 7) is 3.45. The minimum absolute atomic E-state index is 0.0866. The Morgan fingerprint density at radius 1 is 1.30 bits per heavy atom. The van der Waals surface area contributed by atoms with Crippen molar-refractivity contribution >= 4 is 12.0 Å². The summed E-state index contributed by atoms with van der Waals surface area (Å²) in [6.07, 6.45) is 5.60. The first-order chi connectivity index (χ1) is 9.65. The summed E-state index contributed by atoms with van der Waals surface area (Å²) in [5.41, 5.74) is 0. The predicted octanol–water partition coefficient (Wildman–Crippen LogP) is 1.55. The van der Waals surface area contributed by atoms with Crippen LogP contribution in [0.25, 0.3) is 0 Å². The molecule has 1 N–H and O–H groups in total. The molecule has 1 saturated carbocycles. The Kier molecular flexibility index (Phi) is 5.23. The van der Waals surface area contributed by atoms with Crippen molar-refractivity contribution in [1.29, 1.82) is 0 Å². The molecule has 6 nitrogen and oxygen atoms in total. The molecular formula is C14H24N2O4. The van der Waals surface area contributed by atoms with E-state index >= 15 is 0 Å². The lowest BCUT2D eigenvalue weighted by Gasteiger charge is -2.40. The fourth-order valence-corrected chi connectivity index (χ4v) is 3.14. The van der Waals surface area contributed by atoms with E-state index in [1.807, 2.05) is 11.8 Å². The summed E-state index contributed by atoms with van der Waals surface area (Å²) in [4.78, 5) is 27.3. The van der Waals surface area contributed by atoms with E-state index in [2.05, 4.69) is 0 Å². The topological polar surface area (TPSA) is 70.1 Å². The van der Waals surface area contributed by atoms with Gasteiger partial charge in [0.25, 0.3) is 0 Å². The van der Waals surface area contributed by atoms with E-state index in [9.17, 15) is 14.7 Å². The number of morpholine rings is 1. The summed E-state index contributed by atoms with van der Waals surface area (Å²) >= 11 is 0. The molecule has 0 radical (unpaired) electrons. The second-order valence-corrected chi connectivity index (χ2v) is 5.48. The molecule has 20 heavy (non-hydrogen) atoms. The van der Waals surface area contributed by atoms with E-state index in [4.69, 9.17) is 4.74 Å². The molecule has 114 valence electrons. The van der Waals surface area contributed by atoms with Gasteiger partial charge in [-0.25, -0.2) is 9.59 Å². The number of aliphatic carboxylic acids is 1. The first-order valence-electron chi connectivity index (χ1n) is 7.53. The van der Waals surface area contributed by atoms with Crippen molar-refractivity contribution in [3.8, 4) is 0 Å². The number of rotatable bonds is 3. The summed E-state index contributed by atoms with van der Waals surface area (Å²) in [6, 6.07) is -0.734. The molecule has 1 saturated heterocycles. The number of urea groups is 1. The summed E-state index contributed by atoms with van der Waals surface area (Å²) in [5.74, 6) is -0.988. The van der Waals surface area contributed by atoms with Gasteiger partial charge in [0.2, 0.25) is 0 Å². The molecule has 1 heterocycles. The van der Waals surface area contributed by atoms with E-state index in [1.54, 1.807) is 0 Å². The van der Waals surface area contributed by atoms with Crippen LogP contribution in [0.2, 0.25) is 0 Å². The van der Waals surface area contributed by atoms with E-state index in [0.717, 1.165) is 25.7 Å². The van der Waals surface area contributed by atoms with E-state index in [1.165, 1.54) is 11.3 Å². The van der Waals surface area contributed by atoms with Crippen molar-refractivity contribution in [2.24, 2.45) is 0 Å². The third-order valence-electron chi connectivity index (χ3n) is 4.26. The molecule has 2 amide bonds. The van der Waals surface area contributed by atoms with E-state index in [-0.39, 0.29) is 18.7 Å². The van der Waals surface area contributed by atoms with Crippen LogP contribution in [-0.4, -0.2) is 65.3 Å². The molecule has 1 unspecified atom stereocenters. The molecule has 0 bridgehead atoms. The molecule has 0 aromatic rings. The molecule has 0 spiro atoms. The fourth-order valence-electron chi connectivity index (χ4n) is 3.14. The minimum Gasteiger partial charge on any atom is -0.480 e. The second kappa shape index (κ2) is 6.92. The van der Waals surface area contributed by atoms with Gasteiger partial charge in [0, 0.05) is 19.1 Å². The van der Waals surface area contributed by atoms with Gasteiger partial charge in [-0.2, -0.15) is 0 Å². The maximum atomic E-state index is 12.7. The van der Waals surface area contributed by atoms with Crippen LogP contribution in [0.4, 0.5) is 4.79 Å². The van der Waals surface area contributed by atoms with Gasteiger partial charge in [0.1, 0.15) is 0 Å². The van der Waals surface area contributed by atoms with Crippen LogP contribution in [0, 0.1) is 0 Å². The third-order valence-corrected chi connectivity index (χ3v) is 4.26. The smallest absolute Gasteiger partial charge is 0.328 e. The van der Waals surface area contributed by atoms with Gasteiger partial charge in [-0.3, -0.25) is 0 Å². The van der Waals surface area contributed by atoms with Gasteiger partial charge >= 0.3 is 12.0 Å². The molecule has 2 rings (SSSR count). The number of carboxylic acid groups (broad SMARTS) is 1. The first kappa shape index (κ1) is 15.1. The third kappa shape index (κ3) is 3.23. The van der Waals surface area contributed by atoms with E-state index in [0.29, 0.717) is 19.7 Å². The van der Waals surface area contributed by atoms with E-state index < -0.39 is 12.0 Å². The van der Waals surface area contributed by atoms with Crippen molar-refractivity contribution in [1.82, 2.24) is 9.80 Å². The monoisotopic (exact) mass is 284 g/mol. The standard InChI is InChI=1S/C14H24N2O4/c1-2-15(11-6-4-3-5-7-11)14(19)16-8-9-20-10-12(16)13(17)18/h11-12H,2-10H2,1H3,(H,17,18). The Bertz CT molecular complexity index is 355. The van der Waals surface area contributed by atoms with Crippen LogP contribution in [-0.2, 0) is 9.53 Å². The van der Waals surface area contributed by atoms with Gasteiger partial charge in [-0.15, -0.1) is 0 Å². The Labute approximate surface area is 119 Å². The molecule has 0 aromatic carbocycles. The number of carbonyl (C=O) groups is 2. The van der Waals surface area contributed by atoms with Crippen molar-refractivity contribution in [2.75, 3.05) is 26.3 Å². The number of carbonyl (C=O) groups excluding carboxylic acids is 1. The van der Waals surface area contributed by atoms with Crippen molar-refractivity contribution < 1.29 is 19.4 Å². The van der Waals surface area contributed by atoms with Gasteiger partial charge in [0.05, 0.1) is 13.2 Å². The highest BCUT2D eigenvalue weighted by Crippen LogP contribution is 2.24. The zero-order chi connectivity index (χ0) is 14.5. The minimum atomic E-state index is -0.988. The van der Waals surface area contributed by atoms with Crippen LogP contribution in [0.5, 0.6) is 0 Å². The second-order valence-electron chi connectivity index (χ2n) is 5.48. The number of ether oxygens (including phenoxy) is 1. The highest BCUT2D eigenvalue weighted by atomic mass is 16.5. The fraction of sp³-hybridized carbons (Fsp3) is 0.857. The number of nitrogens with zero attached hydrogens (tertiary/aromatic N) is 2. The highest BCUT2D eigenvalue weighted by molar-refractivity contribution is 5.83.